The van der Waals surface area contributed by atoms with Gasteiger partial charge in [0.05, 0.1) is 19.6 Å². The fourth-order valence-electron chi connectivity index (χ4n) is 12.7. The maximum atomic E-state index is 14.2. The highest BCUT2D eigenvalue weighted by Gasteiger charge is 2.72. The highest BCUT2D eigenvalue weighted by atomic mass is 16.5. The monoisotopic (exact) mass is 586 g/mol. The fraction of sp³-hybridized carbons (Fsp3) is 0.692. The fourth-order valence-corrected chi connectivity index (χ4v) is 12.7. The number of Topliss-reactive ketones (excluding diaryl/α,β-unsaturated/α-hetero) is 1. The number of esters is 1. The van der Waals surface area contributed by atoms with Gasteiger partial charge in [0.15, 0.2) is 5.78 Å². The number of hydrogen-bond donors (Lipinski definition) is 0. The third-order valence-corrected chi connectivity index (χ3v) is 14.7. The molecule has 0 aliphatic heterocycles. The van der Waals surface area contributed by atoms with Crippen LogP contribution in [-0.2, 0) is 14.3 Å². The maximum absolute atomic E-state index is 14.2. The van der Waals surface area contributed by atoms with Crippen LogP contribution in [0.1, 0.15) is 105 Å². The van der Waals surface area contributed by atoms with Crippen LogP contribution in [-0.4, -0.2) is 26.0 Å². The van der Waals surface area contributed by atoms with Gasteiger partial charge in [-0.2, -0.15) is 0 Å². The summed E-state index contributed by atoms with van der Waals surface area (Å²) in [6.45, 7) is 18.8. The van der Waals surface area contributed by atoms with Gasteiger partial charge >= 0.3 is 5.97 Å². The molecule has 234 valence electrons. The summed E-state index contributed by atoms with van der Waals surface area (Å²) in [6.07, 6.45) is 11.5. The van der Waals surface area contributed by atoms with E-state index in [0.29, 0.717) is 35.4 Å². The summed E-state index contributed by atoms with van der Waals surface area (Å²) in [7, 11) is 3.29. The molecule has 6 rings (SSSR count). The Morgan fingerprint density at radius 1 is 0.907 bits per heavy atom. The lowest BCUT2D eigenvalue weighted by molar-refractivity contribution is -0.232. The number of rotatable bonds is 4. The third kappa shape index (κ3) is 3.99. The molecule has 0 amide bonds. The largest absolute Gasteiger partial charge is 0.496 e. The molecule has 43 heavy (non-hydrogen) atoms. The second-order valence-electron chi connectivity index (χ2n) is 16.5. The number of benzene rings is 1. The molecule has 2 unspecified atom stereocenters. The minimum atomic E-state index is -0.414. The van der Waals surface area contributed by atoms with Crippen molar-refractivity contribution in [1.29, 1.82) is 0 Å². The summed E-state index contributed by atoms with van der Waals surface area (Å²) in [4.78, 5) is 27.7. The lowest BCUT2D eigenvalue weighted by Gasteiger charge is -2.72. The summed E-state index contributed by atoms with van der Waals surface area (Å²) in [5, 5.41) is 0. The van der Waals surface area contributed by atoms with Gasteiger partial charge in [-0.25, -0.2) is 0 Å². The molecule has 0 bridgehead atoms. The van der Waals surface area contributed by atoms with Crippen LogP contribution in [0.4, 0.5) is 0 Å². The number of para-hydroxylation sites is 1. The first-order valence-electron chi connectivity index (χ1n) is 16.8. The van der Waals surface area contributed by atoms with Crippen molar-refractivity contribution < 1.29 is 19.1 Å². The Balaban J connectivity index is 1.42. The molecule has 0 radical (unpaired) electrons. The van der Waals surface area contributed by atoms with Crippen molar-refractivity contribution in [3.05, 3.63) is 47.6 Å². The zero-order chi connectivity index (χ0) is 31.2. The smallest absolute Gasteiger partial charge is 0.312 e. The van der Waals surface area contributed by atoms with Crippen molar-refractivity contribution in [2.45, 2.75) is 99.3 Å². The van der Waals surface area contributed by atoms with E-state index in [1.54, 1.807) is 14.2 Å². The Morgan fingerprint density at radius 2 is 1.63 bits per heavy atom. The molecule has 0 N–H and O–H groups in total. The number of ether oxygens (including phenoxy) is 2. The molecule has 5 saturated carbocycles. The lowest BCUT2D eigenvalue weighted by atomic mass is 9.32. The van der Waals surface area contributed by atoms with Gasteiger partial charge in [0.2, 0.25) is 0 Å². The van der Waals surface area contributed by atoms with E-state index in [9.17, 15) is 9.59 Å². The molecular formula is C39H54O4. The minimum Gasteiger partial charge on any atom is -0.496 e. The second-order valence-corrected chi connectivity index (χ2v) is 16.5. The van der Waals surface area contributed by atoms with Crippen molar-refractivity contribution in [3.63, 3.8) is 0 Å². The van der Waals surface area contributed by atoms with Crippen LogP contribution < -0.4 is 4.74 Å². The van der Waals surface area contributed by atoms with Crippen molar-refractivity contribution in [1.82, 2.24) is 0 Å². The zero-order valence-corrected chi connectivity index (χ0v) is 28.0. The number of carbonyl (C=O) groups is 2. The second kappa shape index (κ2) is 10.1. The van der Waals surface area contributed by atoms with E-state index < -0.39 is 5.41 Å². The van der Waals surface area contributed by atoms with Gasteiger partial charge in [-0.05, 0) is 128 Å². The molecule has 5 aliphatic rings. The molecule has 0 aromatic heterocycles. The predicted molar refractivity (Wildman–Crippen MR) is 172 cm³/mol. The number of ketones is 1. The van der Waals surface area contributed by atoms with E-state index in [1.807, 2.05) is 18.2 Å². The van der Waals surface area contributed by atoms with Crippen molar-refractivity contribution in [3.8, 4) is 5.75 Å². The van der Waals surface area contributed by atoms with Crippen LogP contribution in [0.5, 0.6) is 5.75 Å². The molecule has 4 heteroatoms. The molecular weight excluding hydrogens is 532 g/mol. The molecule has 5 fully saturated rings. The van der Waals surface area contributed by atoms with E-state index in [-0.39, 0.29) is 27.6 Å². The molecule has 1 aromatic carbocycles. The van der Waals surface area contributed by atoms with Gasteiger partial charge in [-0.1, -0.05) is 65.0 Å². The highest BCUT2D eigenvalue weighted by molar-refractivity contribution is 6.04. The van der Waals surface area contributed by atoms with Gasteiger partial charge in [0.25, 0.3) is 0 Å². The summed E-state index contributed by atoms with van der Waals surface area (Å²) in [6, 6.07) is 8.05. The zero-order valence-electron chi connectivity index (χ0n) is 28.0. The molecule has 5 aliphatic carbocycles. The molecule has 0 saturated heterocycles. The quantitative estimate of drug-likeness (QED) is 0.201. The van der Waals surface area contributed by atoms with E-state index in [2.05, 4.69) is 60.3 Å². The number of allylic oxidation sites excluding steroid dienone is 2. The van der Waals surface area contributed by atoms with E-state index >= 15 is 0 Å². The number of carbonyl (C=O) groups excluding carboxylic acids is 2. The number of hydrogen-bond acceptors (Lipinski definition) is 4. The Labute approximate surface area is 260 Å². The summed E-state index contributed by atoms with van der Waals surface area (Å²) < 4.78 is 11.2. The minimum absolute atomic E-state index is 0.0184. The number of fused-ring (bicyclic) bond motifs is 7. The highest BCUT2D eigenvalue weighted by Crippen LogP contribution is 2.77. The average Bonchev–Trinajstić information content (AvgIpc) is 3.37. The van der Waals surface area contributed by atoms with Crippen LogP contribution in [0.15, 0.2) is 42.0 Å². The standard InChI is InChI=1S/C39H54O4/c1-24(2)27-16-19-39(34(41)43-9)21-20-37(6)28(32(27)39)14-15-31-36(5)23-26(22-25-12-10-11-13-29(25)42-8)33(40)35(3,4)30(36)17-18-38(31,37)7/h10-13,22,27-28,30-32H,1,14-21,23H2,2-9H3/t27-,28+,30?,31+,32?,36-,37+,38+,39-/m0/s1. The Morgan fingerprint density at radius 3 is 2.30 bits per heavy atom. The first-order valence-corrected chi connectivity index (χ1v) is 16.8. The first kappa shape index (κ1) is 30.7. The Kier molecular flexibility index (Phi) is 7.18. The van der Waals surface area contributed by atoms with Crippen molar-refractivity contribution in [2.24, 2.45) is 56.7 Å². The molecule has 1 aromatic rings. The van der Waals surface area contributed by atoms with E-state index in [1.165, 1.54) is 5.57 Å². The summed E-state index contributed by atoms with van der Waals surface area (Å²) >= 11 is 0. The normalized spacial score (nSPS) is 44.0. The van der Waals surface area contributed by atoms with Crippen LogP contribution in [0.3, 0.4) is 0 Å². The average molecular weight is 587 g/mol. The van der Waals surface area contributed by atoms with Crippen LogP contribution in [0.25, 0.3) is 6.08 Å². The summed E-state index contributed by atoms with van der Waals surface area (Å²) in [5.74, 6) is 3.19. The predicted octanol–water partition coefficient (Wildman–Crippen LogP) is 9.09. The van der Waals surface area contributed by atoms with Crippen LogP contribution >= 0.6 is 0 Å². The SMILES string of the molecule is C=C(C)[C@@H]1CC[C@]2(C(=O)OC)CC[C@]3(C)[C@H](CC[C@@H]4[C@@]5(C)CC(=Cc6ccccc6OC)C(=O)C(C)(C)C5CC[C@]43C)C12. The molecule has 0 heterocycles. The Hall–Kier alpha value is -2.36. The topological polar surface area (TPSA) is 52.6 Å². The molecule has 4 nitrogen and oxygen atoms in total. The van der Waals surface area contributed by atoms with Crippen molar-refractivity contribution in [2.75, 3.05) is 14.2 Å². The molecule has 0 spiro atoms. The van der Waals surface area contributed by atoms with Gasteiger partial charge in [0.1, 0.15) is 5.75 Å². The maximum Gasteiger partial charge on any atom is 0.312 e. The lowest BCUT2D eigenvalue weighted by Crippen LogP contribution is -2.67. The third-order valence-electron chi connectivity index (χ3n) is 14.7. The van der Waals surface area contributed by atoms with Crippen LogP contribution in [0, 0.1) is 56.7 Å². The van der Waals surface area contributed by atoms with Gasteiger partial charge < -0.3 is 9.47 Å². The van der Waals surface area contributed by atoms with Gasteiger partial charge in [-0.3, -0.25) is 9.59 Å². The van der Waals surface area contributed by atoms with Crippen molar-refractivity contribution >= 4 is 17.8 Å². The summed E-state index contributed by atoms with van der Waals surface area (Å²) in [5.41, 5.74) is 2.68. The van der Waals surface area contributed by atoms with E-state index in [0.717, 1.165) is 74.7 Å². The van der Waals surface area contributed by atoms with Gasteiger partial charge in [-0.15, -0.1) is 0 Å². The Bertz CT molecular complexity index is 1370. The van der Waals surface area contributed by atoms with Gasteiger partial charge in [0, 0.05) is 11.0 Å². The van der Waals surface area contributed by atoms with Crippen LogP contribution in [0.2, 0.25) is 0 Å². The first-order chi connectivity index (χ1) is 20.2. The molecule has 9 atom stereocenters. The van der Waals surface area contributed by atoms with E-state index in [4.69, 9.17) is 9.47 Å². The number of methoxy groups -OCH3 is 2.